The van der Waals surface area contributed by atoms with E-state index in [1.807, 2.05) is 6.92 Å². The first kappa shape index (κ1) is 11.8. The minimum absolute atomic E-state index is 0. The fourth-order valence-electron chi connectivity index (χ4n) is 2.50. The Labute approximate surface area is 91.0 Å². The van der Waals surface area contributed by atoms with Gasteiger partial charge in [0.15, 0.2) is 0 Å². The maximum atomic E-state index is 11.5. The molecular weight excluding hydrogens is 202 g/mol. The van der Waals surface area contributed by atoms with Crippen LogP contribution in [0.1, 0.15) is 32.6 Å². The molecular formula is C10H18ClNO2. The Balaban J connectivity index is 0.000000980. The average molecular weight is 220 g/mol. The lowest BCUT2D eigenvalue weighted by atomic mass is 9.76. The Morgan fingerprint density at radius 3 is 2.43 bits per heavy atom. The van der Waals surface area contributed by atoms with E-state index in [9.17, 15) is 4.79 Å². The number of hydrogen-bond acceptors (Lipinski definition) is 3. The monoisotopic (exact) mass is 219 g/mol. The van der Waals surface area contributed by atoms with Gasteiger partial charge in [-0.15, -0.1) is 12.4 Å². The van der Waals surface area contributed by atoms with Gasteiger partial charge in [-0.05, 0) is 38.5 Å². The SMILES string of the molecule is CCOC(=O)[C@@H]1NC2CCC1CC2.Cl. The molecule has 0 amide bonds. The molecule has 0 unspecified atom stereocenters. The standard InChI is InChI=1S/C10H17NO2.ClH/c1-2-13-10(12)9-7-3-5-8(11-9)6-4-7;/h7-9,11H,2-6H2,1H3;1H/t7?,8?,9-;/m1./s1. The normalized spacial score (nSPS) is 34.8. The maximum absolute atomic E-state index is 11.5. The highest BCUT2D eigenvalue weighted by atomic mass is 35.5. The summed E-state index contributed by atoms with van der Waals surface area (Å²) in [5.41, 5.74) is 0. The minimum atomic E-state index is -0.0445. The van der Waals surface area contributed by atoms with Gasteiger partial charge in [0.1, 0.15) is 6.04 Å². The number of carbonyl (C=O) groups is 1. The zero-order valence-electron chi connectivity index (χ0n) is 8.49. The van der Waals surface area contributed by atoms with Crippen molar-refractivity contribution in [1.29, 1.82) is 0 Å². The summed E-state index contributed by atoms with van der Waals surface area (Å²) in [6, 6.07) is 0.562. The van der Waals surface area contributed by atoms with E-state index < -0.39 is 0 Å². The number of halogens is 1. The van der Waals surface area contributed by atoms with Crippen molar-refractivity contribution in [2.45, 2.75) is 44.7 Å². The number of rotatable bonds is 2. The first-order chi connectivity index (χ1) is 6.31. The van der Waals surface area contributed by atoms with E-state index in [1.165, 1.54) is 25.7 Å². The molecule has 1 atom stereocenters. The highest BCUT2D eigenvalue weighted by Gasteiger charge is 2.39. The van der Waals surface area contributed by atoms with Crippen molar-refractivity contribution in [2.75, 3.05) is 6.61 Å². The van der Waals surface area contributed by atoms with Gasteiger partial charge in [-0.1, -0.05) is 0 Å². The number of esters is 1. The van der Waals surface area contributed by atoms with Gasteiger partial charge in [-0.3, -0.25) is 4.79 Å². The second-order valence-corrected chi connectivity index (χ2v) is 4.01. The Hall–Kier alpha value is -0.280. The van der Waals surface area contributed by atoms with E-state index in [0.29, 0.717) is 18.6 Å². The first-order valence-corrected chi connectivity index (χ1v) is 5.24. The Bertz CT molecular complexity index is 202. The lowest BCUT2D eigenvalue weighted by Gasteiger charge is -2.42. The third-order valence-electron chi connectivity index (χ3n) is 3.20. The lowest BCUT2D eigenvalue weighted by Crippen LogP contribution is -2.56. The molecule has 3 nitrogen and oxygen atoms in total. The highest BCUT2D eigenvalue weighted by molar-refractivity contribution is 5.85. The summed E-state index contributed by atoms with van der Waals surface area (Å²) in [7, 11) is 0. The molecule has 3 rings (SSSR count). The van der Waals surface area contributed by atoms with Crippen LogP contribution >= 0.6 is 12.4 Å². The number of ether oxygens (including phenoxy) is 1. The Morgan fingerprint density at radius 2 is 2.00 bits per heavy atom. The third kappa shape index (κ3) is 2.20. The van der Waals surface area contributed by atoms with Gasteiger partial charge < -0.3 is 10.1 Å². The van der Waals surface area contributed by atoms with Crippen LogP contribution < -0.4 is 5.32 Å². The molecule has 2 saturated heterocycles. The largest absolute Gasteiger partial charge is 0.465 e. The second-order valence-electron chi connectivity index (χ2n) is 4.01. The van der Waals surface area contributed by atoms with Gasteiger partial charge in [0.25, 0.3) is 0 Å². The molecule has 0 aromatic rings. The van der Waals surface area contributed by atoms with Crippen molar-refractivity contribution >= 4 is 18.4 Å². The summed E-state index contributed by atoms with van der Waals surface area (Å²) in [5.74, 6) is 0.487. The van der Waals surface area contributed by atoms with Gasteiger partial charge in [-0.25, -0.2) is 0 Å². The molecule has 1 aliphatic carbocycles. The minimum Gasteiger partial charge on any atom is -0.465 e. The summed E-state index contributed by atoms with van der Waals surface area (Å²) < 4.78 is 5.03. The van der Waals surface area contributed by atoms with E-state index >= 15 is 0 Å². The number of fused-ring (bicyclic) bond motifs is 3. The second kappa shape index (κ2) is 4.99. The molecule has 3 fully saturated rings. The summed E-state index contributed by atoms with van der Waals surface area (Å²) >= 11 is 0. The van der Waals surface area contributed by atoms with Crippen LogP contribution in [0.2, 0.25) is 0 Å². The summed E-state index contributed by atoms with van der Waals surface area (Å²) in [6.07, 6.45) is 4.86. The maximum Gasteiger partial charge on any atom is 0.323 e. The smallest absolute Gasteiger partial charge is 0.323 e. The molecule has 1 saturated carbocycles. The molecule has 2 bridgehead atoms. The van der Waals surface area contributed by atoms with Gasteiger partial charge in [0, 0.05) is 6.04 Å². The van der Waals surface area contributed by atoms with Crippen LogP contribution in [0.4, 0.5) is 0 Å². The predicted molar refractivity (Wildman–Crippen MR) is 56.6 cm³/mol. The van der Waals surface area contributed by atoms with Gasteiger partial charge >= 0.3 is 5.97 Å². The van der Waals surface area contributed by atoms with Crippen molar-refractivity contribution in [3.8, 4) is 0 Å². The van der Waals surface area contributed by atoms with E-state index in [0.717, 1.165) is 0 Å². The number of nitrogens with one attached hydrogen (secondary N) is 1. The Morgan fingerprint density at radius 1 is 1.36 bits per heavy atom. The van der Waals surface area contributed by atoms with Crippen LogP contribution in [0, 0.1) is 5.92 Å². The topological polar surface area (TPSA) is 38.3 Å². The predicted octanol–water partition coefficient (Wildman–Crippen LogP) is 1.50. The molecule has 4 heteroatoms. The fourth-order valence-corrected chi connectivity index (χ4v) is 2.50. The molecule has 2 heterocycles. The van der Waals surface area contributed by atoms with E-state index in [1.54, 1.807) is 0 Å². The van der Waals surface area contributed by atoms with Crippen molar-refractivity contribution in [3.05, 3.63) is 0 Å². The third-order valence-corrected chi connectivity index (χ3v) is 3.20. The summed E-state index contributed by atoms with van der Waals surface area (Å²) in [5, 5.41) is 3.36. The van der Waals surface area contributed by atoms with Crippen LogP contribution in [-0.2, 0) is 9.53 Å². The van der Waals surface area contributed by atoms with E-state index in [2.05, 4.69) is 5.32 Å². The molecule has 82 valence electrons. The van der Waals surface area contributed by atoms with Crippen LogP contribution in [0.25, 0.3) is 0 Å². The molecule has 0 aromatic carbocycles. The van der Waals surface area contributed by atoms with Gasteiger partial charge in [-0.2, -0.15) is 0 Å². The molecule has 0 aromatic heterocycles. The number of piperidine rings is 2. The lowest BCUT2D eigenvalue weighted by molar-refractivity contribution is -0.149. The van der Waals surface area contributed by atoms with Crippen LogP contribution in [-0.4, -0.2) is 24.7 Å². The van der Waals surface area contributed by atoms with Crippen LogP contribution in [0.15, 0.2) is 0 Å². The highest BCUT2D eigenvalue weighted by Crippen LogP contribution is 2.33. The molecule has 1 N–H and O–H groups in total. The van der Waals surface area contributed by atoms with Gasteiger partial charge in [0.2, 0.25) is 0 Å². The molecule has 3 aliphatic rings. The Kier molecular flexibility index (Phi) is 4.20. The van der Waals surface area contributed by atoms with E-state index in [4.69, 9.17) is 4.74 Å². The van der Waals surface area contributed by atoms with Crippen molar-refractivity contribution in [3.63, 3.8) is 0 Å². The quantitative estimate of drug-likeness (QED) is 0.716. The average Bonchev–Trinajstić information content (AvgIpc) is 2.20. The van der Waals surface area contributed by atoms with Gasteiger partial charge in [0.05, 0.1) is 6.61 Å². The van der Waals surface area contributed by atoms with Crippen molar-refractivity contribution in [2.24, 2.45) is 5.92 Å². The zero-order valence-corrected chi connectivity index (χ0v) is 9.31. The molecule has 2 aliphatic heterocycles. The molecule has 0 radical (unpaired) electrons. The molecule has 14 heavy (non-hydrogen) atoms. The first-order valence-electron chi connectivity index (χ1n) is 5.24. The molecule has 0 spiro atoms. The van der Waals surface area contributed by atoms with Crippen molar-refractivity contribution < 1.29 is 9.53 Å². The summed E-state index contributed by atoms with van der Waals surface area (Å²) in [6.45, 7) is 2.35. The van der Waals surface area contributed by atoms with Crippen molar-refractivity contribution in [1.82, 2.24) is 5.32 Å². The summed E-state index contributed by atoms with van der Waals surface area (Å²) in [4.78, 5) is 11.5. The fraction of sp³-hybridized carbons (Fsp3) is 0.900. The number of hydrogen-bond donors (Lipinski definition) is 1. The van der Waals surface area contributed by atoms with Crippen LogP contribution in [0.3, 0.4) is 0 Å². The number of carbonyl (C=O) groups excluding carboxylic acids is 1. The zero-order chi connectivity index (χ0) is 9.26. The van der Waals surface area contributed by atoms with E-state index in [-0.39, 0.29) is 24.4 Å². The van der Waals surface area contributed by atoms with Crippen LogP contribution in [0.5, 0.6) is 0 Å².